The number of halogens is 4. The van der Waals surface area contributed by atoms with E-state index in [0.29, 0.717) is 12.0 Å². The van der Waals surface area contributed by atoms with E-state index in [1.54, 1.807) is 6.92 Å². The van der Waals surface area contributed by atoms with Gasteiger partial charge in [-0.2, -0.15) is 13.2 Å². The summed E-state index contributed by atoms with van der Waals surface area (Å²) in [6.45, 7) is 1.76. The van der Waals surface area contributed by atoms with Gasteiger partial charge in [0.1, 0.15) is 17.6 Å². The van der Waals surface area contributed by atoms with Crippen molar-refractivity contribution in [1.82, 2.24) is 0 Å². The lowest BCUT2D eigenvalue weighted by Gasteiger charge is -2.20. The first-order valence-electron chi connectivity index (χ1n) is 5.91. The van der Waals surface area contributed by atoms with Crippen LogP contribution in [0, 0.1) is 0 Å². The van der Waals surface area contributed by atoms with Gasteiger partial charge in [-0.25, -0.2) is 8.42 Å². The molecule has 4 nitrogen and oxygen atoms in total. The molecule has 2 atom stereocenters. The molecular formula is C12H12ClF3O4S. The van der Waals surface area contributed by atoms with E-state index in [1.807, 2.05) is 0 Å². The first kappa shape index (κ1) is 16.2. The summed E-state index contributed by atoms with van der Waals surface area (Å²) in [5, 5.41) is -2.87. The van der Waals surface area contributed by atoms with Gasteiger partial charge in [0.05, 0.1) is 7.11 Å². The van der Waals surface area contributed by atoms with Crippen molar-refractivity contribution in [3.05, 3.63) is 23.3 Å². The smallest absolute Gasteiger partial charge is 0.410 e. The minimum Gasteiger partial charge on any atom is -0.496 e. The zero-order valence-electron chi connectivity index (χ0n) is 11.1. The highest BCUT2D eigenvalue weighted by atomic mass is 35.7. The molecule has 0 radical (unpaired) electrons. The summed E-state index contributed by atoms with van der Waals surface area (Å²) in [5.74, 6) is 0.0332. The van der Waals surface area contributed by atoms with Gasteiger partial charge in [-0.3, -0.25) is 0 Å². The van der Waals surface area contributed by atoms with Gasteiger partial charge in [0.25, 0.3) is 0 Å². The Balaban J connectivity index is 2.64. The normalized spacial score (nSPS) is 19.8. The van der Waals surface area contributed by atoms with Crippen LogP contribution in [0.3, 0.4) is 0 Å². The van der Waals surface area contributed by atoms with Crippen LogP contribution in [0.5, 0.6) is 11.5 Å². The number of hydrogen-bond donors (Lipinski definition) is 0. The molecule has 9 heteroatoms. The Hall–Kier alpha value is -1.15. The third-order valence-electron chi connectivity index (χ3n) is 3.11. The molecule has 0 aliphatic carbocycles. The Morgan fingerprint density at radius 3 is 2.52 bits per heavy atom. The van der Waals surface area contributed by atoms with Crippen molar-refractivity contribution >= 4 is 19.7 Å². The highest BCUT2D eigenvalue weighted by Gasteiger charge is 2.51. The molecule has 1 aliphatic rings. The fourth-order valence-corrected chi connectivity index (χ4v) is 3.72. The zero-order valence-corrected chi connectivity index (χ0v) is 12.6. The van der Waals surface area contributed by atoms with Crippen LogP contribution in [0.2, 0.25) is 0 Å². The number of rotatable bonds is 3. The molecule has 21 heavy (non-hydrogen) atoms. The molecule has 0 aromatic heterocycles. The Morgan fingerprint density at radius 2 is 2.05 bits per heavy atom. The van der Waals surface area contributed by atoms with E-state index in [4.69, 9.17) is 20.2 Å². The van der Waals surface area contributed by atoms with Crippen LogP contribution in [0.25, 0.3) is 0 Å². The molecule has 1 aromatic rings. The second-order valence-corrected chi connectivity index (χ2v) is 7.44. The van der Waals surface area contributed by atoms with E-state index in [2.05, 4.69) is 0 Å². The Kier molecular flexibility index (Phi) is 4.05. The molecule has 1 aromatic carbocycles. The van der Waals surface area contributed by atoms with Crippen molar-refractivity contribution in [3.8, 4) is 11.5 Å². The minimum absolute atomic E-state index is 0.182. The SMILES string of the molecule is COc1cc2c(cc1C(C(F)(F)F)S(=O)(=O)Cl)OC(C)C2. The van der Waals surface area contributed by atoms with Crippen molar-refractivity contribution in [3.63, 3.8) is 0 Å². The van der Waals surface area contributed by atoms with E-state index in [-0.39, 0.29) is 17.6 Å². The Morgan fingerprint density at radius 1 is 1.43 bits per heavy atom. The molecule has 0 saturated carbocycles. The third kappa shape index (κ3) is 3.21. The third-order valence-corrected chi connectivity index (χ3v) is 4.73. The molecule has 0 amide bonds. The number of fused-ring (bicyclic) bond motifs is 1. The topological polar surface area (TPSA) is 52.6 Å². The Bertz CT molecular complexity index is 657. The van der Waals surface area contributed by atoms with Crippen LogP contribution in [0.15, 0.2) is 12.1 Å². The van der Waals surface area contributed by atoms with Crippen LogP contribution in [-0.2, 0) is 15.5 Å². The van der Waals surface area contributed by atoms with Crippen LogP contribution in [-0.4, -0.2) is 27.8 Å². The molecule has 2 rings (SSSR count). The van der Waals surface area contributed by atoms with E-state index in [1.165, 1.54) is 13.2 Å². The number of benzene rings is 1. The van der Waals surface area contributed by atoms with Gasteiger partial charge >= 0.3 is 6.18 Å². The van der Waals surface area contributed by atoms with Crippen molar-refractivity contribution < 1.29 is 31.1 Å². The summed E-state index contributed by atoms with van der Waals surface area (Å²) in [6, 6.07) is 2.39. The first-order valence-corrected chi connectivity index (χ1v) is 8.29. The molecule has 0 saturated heterocycles. The van der Waals surface area contributed by atoms with Crippen LogP contribution < -0.4 is 9.47 Å². The summed E-state index contributed by atoms with van der Waals surface area (Å²) >= 11 is 0. The molecule has 1 aliphatic heterocycles. The molecule has 118 valence electrons. The number of hydrogen-bond acceptors (Lipinski definition) is 4. The maximum Gasteiger partial charge on any atom is 0.410 e. The fraction of sp³-hybridized carbons (Fsp3) is 0.500. The van der Waals surface area contributed by atoms with Crippen LogP contribution in [0.4, 0.5) is 13.2 Å². The van der Waals surface area contributed by atoms with Gasteiger partial charge in [-0.1, -0.05) is 0 Å². The number of ether oxygens (including phenoxy) is 2. The highest BCUT2D eigenvalue weighted by Crippen LogP contribution is 2.47. The monoisotopic (exact) mass is 344 g/mol. The Labute approximate surface area is 124 Å². The molecule has 0 spiro atoms. The van der Waals surface area contributed by atoms with Gasteiger partial charge in [0.2, 0.25) is 9.05 Å². The van der Waals surface area contributed by atoms with Crippen molar-refractivity contribution in [1.29, 1.82) is 0 Å². The zero-order chi connectivity index (χ0) is 16.0. The largest absolute Gasteiger partial charge is 0.496 e. The van der Waals surface area contributed by atoms with Gasteiger partial charge < -0.3 is 9.47 Å². The molecular weight excluding hydrogens is 333 g/mol. The lowest BCUT2D eigenvalue weighted by molar-refractivity contribution is -0.131. The summed E-state index contributed by atoms with van der Waals surface area (Å²) < 4.78 is 72.2. The van der Waals surface area contributed by atoms with Gasteiger partial charge in [0, 0.05) is 28.2 Å². The maximum absolute atomic E-state index is 13.1. The lowest BCUT2D eigenvalue weighted by Crippen LogP contribution is -2.26. The molecule has 0 fully saturated rings. The van der Waals surface area contributed by atoms with Gasteiger partial charge in [-0.05, 0) is 19.1 Å². The van der Waals surface area contributed by atoms with Crippen LogP contribution in [0.1, 0.15) is 23.3 Å². The predicted molar refractivity (Wildman–Crippen MR) is 70.4 cm³/mol. The first-order chi connectivity index (χ1) is 9.54. The van der Waals surface area contributed by atoms with E-state index in [0.717, 1.165) is 6.07 Å². The summed E-state index contributed by atoms with van der Waals surface area (Å²) in [4.78, 5) is 0. The van der Waals surface area contributed by atoms with Gasteiger partial charge in [0.15, 0.2) is 5.25 Å². The average Bonchev–Trinajstić information content (AvgIpc) is 2.63. The predicted octanol–water partition coefficient (Wildman–Crippen LogP) is 3.19. The van der Waals surface area contributed by atoms with Crippen LogP contribution >= 0.6 is 10.7 Å². The fourth-order valence-electron chi connectivity index (χ4n) is 2.32. The maximum atomic E-state index is 13.1. The van der Waals surface area contributed by atoms with Crippen molar-refractivity contribution in [2.75, 3.05) is 7.11 Å². The van der Waals surface area contributed by atoms with E-state index in [9.17, 15) is 21.6 Å². The molecule has 0 bridgehead atoms. The summed E-state index contributed by atoms with van der Waals surface area (Å²) in [7, 11) is 1.22. The second-order valence-electron chi connectivity index (χ2n) is 4.73. The minimum atomic E-state index is -5.06. The van der Waals surface area contributed by atoms with E-state index < -0.39 is 26.0 Å². The summed E-state index contributed by atoms with van der Waals surface area (Å²) in [5.41, 5.74) is 0.0869. The second kappa shape index (κ2) is 5.24. The van der Waals surface area contributed by atoms with Gasteiger partial charge in [-0.15, -0.1) is 0 Å². The van der Waals surface area contributed by atoms with E-state index >= 15 is 0 Å². The molecule has 2 unspecified atom stereocenters. The number of alkyl halides is 3. The number of methoxy groups -OCH3 is 1. The lowest BCUT2D eigenvalue weighted by atomic mass is 10.0. The standard InChI is InChI=1S/C12H12ClF3O4S/c1-6-3-7-4-10(19-2)8(5-9(7)20-6)11(12(14,15)16)21(13,17)18/h4-6,11H,3H2,1-2H3. The highest BCUT2D eigenvalue weighted by molar-refractivity contribution is 8.14. The molecule has 0 N–H and O–H groups in total. The quantitative estimate of drug-likeness (QED) is 0.790. The van der Waals surface area contributed by atoms with Crippen molar-refractivity contribution in [2.24, 2.45) is 0 Å². The summed E-state index contributed by atoms with van der Waals surface area (Å²) in [6.07, 6.45) is -4.75. The molecule has 1 heterocycles. The average molecular weight is 345 g/mol. The van der Waals surface area contributed by atoms with Crippen molar-refractivity contribution in [2.45, 2.75) is 30.9 Å².